The third kappa shape index (κ3) is 3.60. The zero-order valence-corrected chi connectivity index (χ0v) is 15.8. The number of aliphatic carboxylic acids is 1. The number of benzene rings is 1. The number of hydrogen-bond acceptors (Lipinski definition) is 4. The maximum atomic E-state index is 13.2. The molecule has 2 aliphatic carbocycles. The molecule has 146 valence electrons. The van der Waals surface area contributed by atoms with Crippen molar-refractivity contribution in [2.75, 3.05) is 0 Å². The van der Waals surface area contributed by atoms with Gasteiger partial charge in [-0.15, -0.1) is 0 Å². The molecule has 0 spiro atoms. The van der Waals surface area contributed by atoms with E-state index in [1.165, 1.54) is 17.0 Å². The van der Waals surface area contributed by atoms with Crippen LogP contribution >= 0.6 is 0 Å². The molecule has 3 atom stereocenters. The van der Waals surface area contributed by atoms with E-state index < -0.39 is 22.0 Å². The van der Waals surface area contributed by atoms with Crippen molar-refractivity contribution in [3.63, 3.8) is 0 Å². The van der Waals surface area contributed by atoms with Crippen LogP contribution in [0.2, 0.25) is 0 Å². The number of likely N-dealkylation sites (tertiary alicyclic amines) is 1. The van der Waals surface area contributed by atoms with Gasteiger partial charge >= 0.3 is 5.97 Å². The molecule has 3 fully saturated rings. The van der Waals surface area contributed by atoms with Gasteiger partial charge in [-0.1, -0.05) is 18.9 Å². The maximum absolute atomic E-state index is 13.2. The van der Waals surface area contributed by atoms with Crippen LogP contribution in [0.5, 0.6) is 0 Å². The third-order valence-electron chi connectivity index (χ3n) is 5.90. The summed E-state index contributed by atoms with van der Waals surface area (Å²) in [5, 5.41) is 9.62. The molecule has 1 aromatic carbocycles. The van der Waals surface area contributed by atoms with E-state index in [2.05, 4.69) is 4.72 Å². The second-order valence-corrected chi connectivity index (χ2v) is 9.55. The van der Waals surface area contributed by atoms with Gasteiger partial charge in [-0.25, -0.2) is 17.9 Å². The summed E-state index contributed by atoms with van der Waals surface area (Å²) in [6.45, 7) is 0. The Balaban J connectivity index is 1.63. The van der Waals surface area contributed by atoms with Gasteiger partial charge in [0.2, 0.25) is 10.0 Å². The molecule has 2 N–H and O–H groups in total. The Kier molecular flexibility index (Phi) is 4.71. The molecule has 1 aliphatic heterocycles. The van der Waals surface area contributed by atoms with E-state index >= 15 is 0 Å². The Morgan fingerprint density at radius 3 is 2.56 bits per heavy atom. The molecular weight excluding hydrogens is 368 g/mol. The van der Waals surface area contributed by atoms with Crippen molar-refractivity contribution in [2.45, 2.75) is 68.0 Å². The number of fused-ring (bicyclic) bond motifs is 1. The Hall–Kier alpha value is -1.93. The van der Waals surface area contributed by atoms with Gasteiger partial charge in [0.25, 0.3) is 5.91 Å². The summed E-state index contributed by atoms with van der Waals surface area (Å²) in [6, 6.07) is 5.00. The number of nitrogens with one attached hydrogen (secondary N) is 1. The van der Waals surface area contributed by atoms with Crippen molar-refractivity contribution in [3.05, 3.63) is 29.8 Å². The lowest BCUT2D eigenvalue weighted by molar-refractivity contribution is -0.141. The predicted octanol–water partition coefficient (Wildman–Crippen LogP) is 1.99. The van der Waals surface area contributed by atoms with Gasteiger partial charge in [0.15, 0.2) is 0 Å². The third-order valence-corrected chi connectivity index (χ3v) is 7.42. The minimum absolute atomic E-state index is 0.0210. The molecule has 8 heteroatoms. The molecule has 3 unspecified atom stereocenters. The second kappa shape index (κ2) is 6.91. The lowest BCUT2D eigenvalue weighted by Gasteiger charge is -2.33. The highest BCUT2D eigenvalue weighted by atomic mass is 32.2. The van der Waals surface area contributed by atoms with Crippen molar-refractivity contribution < 1.29 is 23.1 Å². The molecule has 2 saturated carbocycles. The number of nitrogens with zero attached hydrogens (tertiary/aromatic N) is 1. The molecule has 1 aromatic rings. The van der Waals surface area contributed by atoms with E-state index in [0.29, 0.717) is 6.42 Å². The first-order chi connectivity index (χ1) is 12.9. The molecule has 7 nitrogen and oxygen atoms in total. The summed E-state index contributed by atoms with van der Waals surface area (Å²) in [6.07, 6.45) is 5.93. The Labute approximate surface area is 158 Å². The lowest BCUT2D eigenvalue weighted by atomic mass is 9.84. The Morgan fingerprint density at radius 2 is 1.85 bits per heavy atom. The topological polar surface area (TPSA) is 104 Å². The molecule has 1 heterocycles. The maximum Gasteiger partial charge on any atom is 0.326 e. The molecular formula is C19H24N2O5S. The Bertz CT molecular complexity index is 865. The van der Waals surface area contributed by atoms with Crippen molar-refractivity contribution in [1.82, 2.24) is 9.62 Å². The molecule has 1 amide bonds. The largest absolute Gasteiger partial charge is 0.480 e. The van der Waals surface area contributed by atoms with Gasteiger partial charge in [0.05, 0.1) is 4.90 Å². The molecule has 1 saturated heterocycles. The molecule has 0 aromatic heterocycles. The molecule has 0 radical (unpaired) electrons. The first kappa shape index (κ1) is 18.4. The fraction of sp³-hybridized carbons (Fsp3) is 0.579. The number of carboxylic acid groups (broad SMARTS) is 1. The second-order valence-electron chi connectivity index (χ2n) is 7.84. The van der Waals surface area contributed by atoms with Crippen molar-refractivity contribution >= 4 is 21.9 Å². The average molecular weight is 392 g/mol. The lowest BCUT2D eigenvalue weighted by Crippen LogP contribution is -2.46. The standard InChI is InChI=1S/C19H24N2O5S/c22-18(21-16-7-2-1-4-12(16)11-17(21)19(23)24)13-5-3-6-15(10-13)27(25,26)20-14-8-9-14/h3,5-6,10,12,14,16-17,20H,1-2,4,7-9,11H2,(H,23,24). The minimum atomic E-state index is -3.67. The highest BCUT2D eigenvalue weighted by Crippen LogP contribution is 2.40. The van der Waals surface area contributed by atoms with Crippen LogP contribution < -0.4 is 4.72 Å². The monoisotopic (exact) mass is 392 g/mol. The summed E-state index contributed by atoms with van der Waals surface area (Å²) >= 11 is 0. The summed E-state index contributed by atoms with van der Waals surface area (Å²) in [7, 11) is -3.67. The van der Waals surface area contributed by atoms with Crippen LogP contribution in [-0.4, -0.2) is 48.4 Å². The van der Waals surface area contributed by atoms with Gasteiger partial charge in [-0.3, -0.25) is 4.79 Å². The average Bonchev–Trinajstić information content (AvgIpc) is 3.36. The molecule has 3 aliphatic rings. The van der Waals surface area contributed by atoms with Gasteiger partial charge in [0, 0.05) is 17.6 Å². The van der Waals surface area contributed by atoms with Gasteiger partial charge in [-0.2, -0.15) is 0 Å². The molecule has 4 rings (SSSR count). The number of hydrogen-bond donors (Lipinski definition) is 2. The smallest absolute Gasteiger partial charge is 0.326 e. The number of carboxylic acids is 1. The molecule has 27 heavy (non-hydrogen) atoms. The summed E-state index contributed by atoms with van der Waals surface area (Å²) in [4.78, 5) is 26.5. The van der Waals surface area contributed by atoms with Crippen molar-refractivity contribution in [3.8, 4) is 0 Å². The fourth-order valence-corrected chi connectivity index (χ4v) is 5.76. The fourth-order valence-electron chi connectivity index (χ4n) is 4.41. The van der Waals surface area contributed by atoms with E-state index in [1.54, 1.807) is 12.1 Å². The first-order valence-electron chi connectivity index (χ1n) is 9.54. The van der Waals surface area contributed by atoms with Gasteiger partial charge in [0.1, 0.15) is 6.04 Å². The summed E-state index contributed by atoms with van der Waals surface area (Å²) in [5.74, 6) is -1.16. The summed E-state index contributed by atoms with van der Waals surface area (Å²) < 4.78 is 27.5. The minimum Gasteiger partial charge on any atom is -0.480 e. The van der Waals surface area contributed by atoms with Crippen LogP contribution in [0.4, 0.5) is 0 Å². The first-order valence-corrected chi connectivity index (χ1v) is 11.0. The van der Waals surface area contributed by atoms with Crippen molar-refractivity contribution in [2.24, 2.45) is 5.92 Å². The van der Waals surface area contributed by atoms with Gasteiger partial charge < -0.3 is 10.0 Å². The van der Waals surface area contributed by atoms with E-state index in [0.717, 1.165) is 38.5 Å². The van der Waals surface area contributed by atoms with Crippen LogP contribution in [0.25, 0.3) is 0 Å². The number of sulfonamides is 1. The van der Waals surface area contributed by atoms with Crippen LogP contribution in [0.1, 0.15) is 55.3 Å². The number of carbonyl (C=O) groups is 2. The van der Waals surface area contributed by atoms with E-state index in [9.17, 15) is 23.1 Å². The quantitative estimate of drug-likeness (QED) is 0.797. The predicted molar refractivity (Wildman–Crippen MR) is 97.7 cm³/mol. The number of carbonyl (C=O) groups excluding carboxylic acids is 1. The van der Waals surface area contributed by atoms with E-state index in [4.69, 9.17) is 0 Å². The van der Waals surface area contributed by atoms with Crippen LogP contribution in [0.15, 0.2) is 29.2 Å². The van der Waals surface area contributed by atoms with Crippen LogP contribution in [0, 0.1) is 5.92 Å². The van der Waals surface area contributed by atoms with E-state index in [-0.39, 0.29) is 34.4 Å². The highest BCUT2D eigenvalue weighted by Gasteiger charge is 2.47. The normalized spacial score (nSPS) is 28.0. The highest BCUT2D eigenvalue weighted by molar-refractivity contribution is 7.89. The summed E-state index contributed by atoms with van der Waals surface area (Å²) in [5.41, 5.74) is 0.228. The zero-order valence-electron chi connectivity index (χ0n) is 15.0. The van der Waals surface area contributed by atoms with E-state index in [1.807, 2.05) is 0 Å². The molecule has 0 bridgehead atoms. The van der Waals surface area contributed by atoms with Gasteiger partial charge in [-0.05, 0) is 56.2 Å². The number of amides is 1. The van der Waals surface area contributed by atoms with Crippen LogP contribution in [-0.2, 0) is 14.8 Å². The zero-order chi connectivity index (χ0) is 19.2. The SMILES string of the molecule is O=C(O)C1CC2CCCCC2N1C(=O)c1cccc(S(=O)(=O)NC2CC2)c1. The Morgan fingerprint density at radius 1 is 1.11 bits per heavy atom. The number of rotatable bonds is 5. The van der Waals surface area contributed by atoms with Crippen molar-refractivity contribution in [1.29, 1.82) is 0 Å². The van der Waals surface area contributed by atoms with Crippen LogP contribution in [0.3, 0.4) is 0 Å².